The molecule has 2 aromatic carbocycles. The number of anilines is 3. The van der Waals surface area contributed by atoms with Crippen LogP contribution in [-0.2, 0) is 17.9 Å². The Balaban J connectivity index is 0.000000267. The van der Waals surface area contributed by atoms with Crippen molar-refractivity contribution in [2.45, 2.75) is 46.2 Å². The third-order valence-electron chi connectivity index (χ3n) is 8.10. The van der Waals surface area contributed by atoms with E-state index < -0.39 is 22.2 Å². The van der Waals surface area contributed by atoms with Crippen LogP contribution in [0, 0.1) is 21.7 Å². The highest BCUT2D eigenvalue weighted by Gasteiger charge is 2.27. The number of nitrogens with two attached hydrogens (primary N) is 1. The molecule has 1 aromatic heterocycles. The van der Waals surface area contributed by atoms with Gasteiger partial charge in [0, 0.05) is 57.4 Å². The Morgan fingerprint density at radius 2 is 1.58 bits per heavy atom. The number of aromatic nitrogens is 2. The highest BCUT2D eigenvalue weighted by atomic mass is 35.5. The van der Waals surface area contributed by atoms with E-state index in [-0.39, 0.29) is 63.5 Å². The monoisotopic (exact) mass is 734 g/mol. The Kier molecular flexibility index (Phi) is 14.2. The number of nitro groups is 1. The highest BCUT2D eigenvalue weighted by Crippen LogP contribution is 2.35. The topological polar surface area (TPSA) is 144 Å². The van der Waals surface area contributed by atoms with Gasteiger partial charge in [0.05, 0.1) is 33.5 Å². The Labute approximate surface area is 299 Å². The van der Waals surface area contributed by atoms with E-state index in [0.29, 0.717) is 38.2 Å². The van der Waals surface area contributed by atoms with Crippen molar-refractivity contribution >= 4 is 57.8 Å². The van der Waals surface area contributed by atoms with Crippen molar-refractivity contribution in [3.63, 3.8) is 0 Å². The number of aldehydes is 1. The number of hydrazine groups is 1. The minimum Gasteiger partial charge on any atom is -0.397 e. The summed E-state index contributed by atoms with van der Waals surface area (Å²) < 4.78 is 32.3. The van der Waals surface area contributed by atoms with Gasteiger partial charge in [0.15, 0.2) is 6.29 Å². The van der Waals surface area contributed by atoms with Crippen LogP contribution >= 0.6 is 23.2 Å². The van der Waals surface area contributed by atoms with Crippen molar-refractivity contribution in [3.05, 3.63) is 97.6 Å². The standard InChI is InChI=1S/C17H20ClFN4O3.C16H18ClFN4O.CH4/c1-3-6-20-15-9-12(14(19)10-16(15)23(25)26)13(11-24)17(18)22-8-5-4-7-21(22)2;1-2-5-20-13-8-10(11(18)9-12(13)19)14-15(17)21-6-3-4-7-22(21)16(14)23;/h3,9-11,20H,1,4-8H2,2H3;2,8-9,20H,1,3-7,19H2;1H4/b17-13+;;. The van der Waals surface area contributed by atoms with E-state index >= 15 is 0 Å². The van der Waals surface area contributed by atoms with Gasteiger partial charge in [-0.25, -0.2) is 18.5 Å². The summed E-state index contributed by atoms with van der Waals surface area (Å²) in [6.07, 6.45) is 7.39. The van der Waals surface area contributed by atoms with Crippen LogP contribution in [0.3, 0.4) is 0 Å². The lowest BCUT2D eigenvalue weighted by molar-refractivity contribution is -0.384. The van der Waals surface area contributed by atoms with Crippen LogP contribution in [0.2, 0.25) is 5.15 Å². The molecule has 0 atom stereocenters. The van der Waals surface area contributed by atoms with Gasteiger partial charge in [-0.3, -0.25) is 29.4 Å². The van der Waals surface area contributed by atoms with Gasteiger partial charge < -0.3 is 16.4 Å². The molecule has 0 aliphatic carbocycles. The van der Waals surface area contributed by atoms with Crippen LogP contribution in [-0.4, -0.2) is 63.8 Å². The number of rotatable bonds is 11. The van der Waals surface area contributed by atoms with Gasteiger partial charge in [-0.05, 0) is 43.9 Å². The fourth-order valence-corrected chi connectivity index (χ4v) is 6.33. The molecule has 2 aliphatic heterocycles. The maximum absolute atomic E-state index is 14.5. The van der Waals surface area contributed by atoms with Gasteiger partial charge in [-0.1, -0.05) is 42.8 Å². The molecule has 16 heteroatoms. The third-order valence-corrected chi connectivity index (χ3v) is 8.88. The summed E-state index contributed by atoms with van der Waals surface area (Å²) in [6, 6.07) is 4.75. The quantitative estimate of drug-likeness (QED) is 0.0358. The predicted octanol–water partition coefficient (Wildman–Crippen LogP) is 7.10. The van der Waals surface area contributed by atoms with Crippen molar-refractivity contribution < 1.29 is 18.5 Å². The van der Waals surface area contributed by atoms with Gasteiger partial charge >= 0.3 is 0 Å². The maximum atomic E-state index is 14.5. The van der Waals surface area contributed by atoms with Gasteiger partial charge in [0.25, 0.3) is 11.2 Å². The molecule has 50 heavy (non-hydrogen) atoms. The van der Waals surface area contributed by atoms with E-state index in [4.69, 9.17) is 28.9 Å². The molecule has 0 spiro atoms. The molecule has 270 valence electrons. The fraction of sp³-hybridized carbons (Fsp3) is 0.353. The van der Waals surface area contributed by atoms with Crippen LogP contribution < -0.4 is 21.9 Å². The lowest BCUT2D eigenvalue weighted by Gasteiger charge is -2.37. The molecule has 1 fully saturated rings. The van der Waals surface area contributed by atoms with Crippen molar-refractivity contribution in [3.8, 4) is 11.1 Å². The van der Waals surface area contributed by atoms with E-state index in [0.717, 1.165) is 38.3 Å². The zero-order valence-electron chi connectivity index (χ0n) is 27.0. The molecule has 0 radical (unpaired) electrons. The molecule has 0 saturated carbocycles. The summed E-state index contributed by atoms with van der Waals surface area (Å²) in [5, 5.41) is 20.9. The molecule has 0 amide bonds. The molecule has 12 nitrogen and oxygen atoms in total. The summed E-state index contributed by atoms with van der Waals surface area (Å²) in [5.41, 5.74) is 6.22. The highest BCUT2D eigenvalue weighted by molar-refractivity contribution is 6.36. The van der Waals surface area contributed by atoms with Crippen molar-refractivity contribution in [1.82, 2.24) is 19.4 Å². The summed E-state index contributed by atoms with van der Waals surface area (Å²) in [6.45, 7) is 10.5. The van der Waals surface area contributed by atoms with Crippen LogP contribution in [0.1, 0.15) is 38.7 Å². The Bertz CT molecular complexity index is 1840. The first kappa shape index (κ1) is 39.8. The first-order chi connectivity index (χ1) is 23.4. The number of nitrogens with one attached hydrogen (secondary N) is 2. The fourth-order valence-electron chi connectivity index (χ4n) is 5.62. The average molecular weight is 736 g/mol. The molecule has 0 bridgehead atoms. The minimum atomic E-state index is -0.888. The first-order valence-corrected chi connectivity index (χ1v) is 16.3. The number of fused-ring (bicyclic) bond motifs is 1. The molecular weight excluding hydrogens is 693 g/mol. The van der Waals surface area contributed by atoms with Gasteiger partial charge in [-0.15, -0.1) is 13.2 Å². The Morgan fingerprint density at radius 1 is 0.980 bits per heavy atom. The molecular formula is C34H42Cl2F2N8O4. The number of nitro benzene ring substituents is 1. The van der Waals surface area contributed by atoms with E-state index in [9.17, 15) is 28.5 Å². The van der Waals surface area contributed by atoms with Crippen LogP contribution in [0.5, 0.6) is 0 Å². The van der Waals surface area contributed by atoms with Gasteiger partial charge in [-0.2, -0.15) is 0 Å². The average Bonchev–Trinajstić information content (AvgIpc) is 3.33. The lowest BCUT2D eigenvalue weighted by Crippen LogP contribution is -2.43. The van der Waals surface area contributed by atoms with Gasteiger partial charge in [0.1, 0.15) is 27.6 Å². The number of carbonyl (C=O) groups is 1. The second kappa shape index (κ2) is 17.8. The molecule has 2 aliphatic rings. The molecule has 4 N–H and O–H groups in total. The number of hydrogen-bond donors (Lipinski definition) is 3. The summed E-state index contributed by atoms with van der Waals surface area (Å²) >= 11 is 12.7. The molecule has 5 rings (SSSR count). The number of allylic oxidation sites excluding steroid dienone is 1. The third kappa shape index (κ3) is 8.55. The number of hydrogen-bond acceptors (Lipinski definition) is 9. The SMILES string of the molecule is C.C=CCNc1cc(-c2c(Cl)n3n(c2=O)CCCC3)c(F)cc1N.C=CCNc1cc(/C(C=O)=C(\Cl)N2CCCCN2C)c(F)cc1[N+](=O)[O-]. The number of carbonyl (C=O) groups excluding carboxylic acids is 1. The Morgan fingerprint density at radius 3 is 2.16 bits per heavy atom. The first-order valence-electron chi connectivity index (χ1n) is 15.5. The van der Waals surface area contributed by atoms with E-state index in [1.165, 1.54) is 24.3 Å². The molecule has 3 heterocycles. The van der Waals surface area contributed by atoms with E-state index in [2.05, 4.69) is 23.8 Å². The molecule has 3 aromatic rings. The van der Waals surface area contributed by atoms with Crippen LogP contribution in [0.25, 0.3) is 16.7 Å². The lowest BCUT2D eigenvalue weighted by atomic mass is 10.0. The zero-order chi connectivity index (χ0) is 35.8. The zero-order valence-corrected chi connectivity index (χ0v) is 28.5. The maximum Gasteiger partial charge on any atom is 0.295 e. The number of nitrogens with zero attached hydrogens (tertiary/aromatic N) is 5. The summed E-state index contributed by atoms with van der Waals surface area (Å²) in [7, 11) is 1.83. The predicted molar refractivity (Wildman–Crippen MR) is 197 cm³/mol. The van der Waals surface area contributed by atoms with Crippen LogP contribution in [0.15, 0.2) is 59.5 Å². The van der Waals surface area contributed by atoms with Gasteiger partial charge in [0.2, 0.25) is 0 Å². The summed E-state index contributed by atoms with van der Waals surface area (Å²) in [4.78, 5) is 34.8. The molecule has 0 unspecified atom stereocenters. The van der Waals surface area contributed by atoms with Crippen molar-refractivity contribution in [1.29, 1.82) is 0 Å². The molecule has 1 saturated heterocycles. The largest absolute Gasteiger partial charge is 0.397 e. The van der Waals surface area contributed by atoms with E-state index in [1.807, 2.05) is 12.1 Å². The van der Waals surface area contributed by atoms with E-state index in [1.54, 1.807) is 20.4 Å². The Hall–Kier alpha value is -4.66. The van der Waals surface area contributed by atoms with Crippen molar-refractivity contribution in [2.75, 3.05) is 49.6 Å². The smallest absolute Gasteiger partial charge is 0.295 e. The minimum absolute atomic E-state index is 0. The number of benzene rings is 2. The summed E-state index contributed by atoms with van der Waals surface area (Å²) in [5.74, 6) is -1.45. The second-order valence-electron chi connectivity index (χ2n) is 11.3. The normalized spacial score (nSPS) is 14.6. The van der Waals surface area contributed by atoms with Crippen LogP contribution in [0.4, 0.5) is 31.5 Å². The number of halogens is 4. The number of nitrogen functional groups attached to an aromatic ring is 1. The van der Waals surface area contributed by atoms with Crippen molar-refractivity contribution in [2.24, 2.45) is 0 Å². The second-order valence-corrected chi connectivity index (χ2v) is 12.0.